The number of aliphatic hydroxyl groups is 4. The molecule has 0 aliphatic carbocycles. The van der Waals surface area contributed by atoms with Crippen molar-refractivity contribution in [2.45, 2.75) is 104 Å². The van der Waals surface area contributed by atoms with Crippen molar-refractivity contribution in [2.24, 2.45) is 10.8 Å². The number of cyclic esters (lactones) is 2. The molecule has 13 heteroatoms. The van der Waals surface area contributed by atoms with Gasteiger partial charge < -0.3 is 43.5 Å². The minimum atomic E-state index is -1.29. The monoisotopic (exact) mass is 776 g/mol. The highest BCUT2D eigenvalue weighted by Gasteiger charge is 2.39. The number of allylic oxidation sites excluding steroid dienone is 8. The number of aliphatic hydroxyl groups excluding tert-OH is 4. The number of carbonyl (C=O) groups is 2. The molecule has 0 radical (unpaired) electrons. The van der Waals surface area contributed by atoms with E-state index < -0.39 is 65.5 Å². The van der Waals surface area contributed by atoms with E-state index in [0.717, 1.165) is 0 Å². The Balaban J connectivity index is 1.86. The number of fused-ring (bicyclic) bond motifs is 4. The first-order chi connectivity index (χ1) is 26.6. The number of carbonyl (C=O) groups excluding carboxylic acids is 2. The standard InChI is InChI=1S/C43H56N2O11/c1-8-18-36-42(3,4)34(48)23-14-12-10-11-13-20-29(52-7)26-39-45-31(28-54-39)41(51)56-37(19-9-2)43(5,6)35(49)24-17-22-33(47)32(46)21-15-16-25-38-44-30(27-53-38)40(50)55-36/h8-22,25,27-29,32-37,46-49H,23-24,26H2,1-7H3/b11-10-,14-12-,18-8+,19-9+,20-13+,21-15+,22-17-,25-16-. The molecule has 4 N–H and O–H groups in total. The molecule has 4 bridgehead atoms. The first-order valence-electron chi connectivity index (χ1n) is 18.5. The van der Waals surface area contributed by atoms with Gasteiger partial charge in [0.05, 0.1) is 24.7 Å². The van der Waals surface area contributed by atoms with Gasteiger partial charge in [-0.2, -0.15) is 0 Å². The van der Waals surface area contributed by atoms with E-state index in [1.807, 2.05) is 6.08 Å². The molecule has 0 aromatic carbocycles. The molecular weight excluding hydrogens is 720 g/mol. The number of rotatable bonds is 3. The average molecular weight is 777 g/mol. The fraction of sp³-hybridized carbons (Fsp3) is 0.442. The lowest BCUT2D eigenvalue weighted by Crippen LogP contribution is -2.42. The van der Waals surface area contributed by atoms with E-state index in [4.69, 9.17) is 23.0 Å². The molecule has 2 aromatic heterocycles. The number of hydrogen-bond acceptors (Lipinski definition) is 13. The van der Waals surface area contributed by atoms with Crippen molar-refractivity contribution >= 4 is 18.0 Å². The molecule has 13 nitrogen and oxygen atoms in total. The molecule has 7 atom stereocenters. The van der Waals surface area contributed by atoms with Gasteiger partial charge in [-0.05, 0) is 38.8 Å². The van der Waals surface area contributed by atoms with Crippen LogP contribution < -0.4 is 0 Å². The van der Waals surface area contributed by atoms with Crippen molar-refractivity contribution in [2.75, 3.05) is 7.11 Å². The van der Waals surface area contributed by atoms with E-state index in [-0.39, 0.29) is 42.4 Å². The zero-order valence-corrected chi connectivity index (χ0v) is 33.1. The van der Waals surface area contributed by atoms with E-state index >= 15 is 0 Å². The summed E-state index contributed by atoms with van der Waals surface area (Å²) in [6, 6.07) is 0. The Kier molecular flexibility index (Phi) is 17.8. The van der Waals surface area contributed by atoms with E-state index in [9.17, 15) is 30.0 Å². The maximum atomic E-state index is 13.2. The molecule has 7 unspecified atom stereocenters. The summed E-state index contributed by atoms with van der Waals surface area (Å²) in [5.41, 5.74) is -1.95. The third-order valence-electron chi connectivity index (χ3n) is 9.41. The Morgan fingerprint density at radius 2 is 1.23 bits per heavy atom. The maximum Gasteiger partial charge on any atom is 0.360 e. The summed E-state index contributed by atoms with van der Waals surface area (Å²) in [5, 5.41) is 43.2. The molecular formula is C43H56N2O11. The molecule has 3 heterocycles. The normalized spacial score (nSPS) is 31.1. The van der Waals surface area contributed by atoms with Gasteiger partial charge in [0.2, 0.25) is 5.89 Å². The van der Waals surface area contributed by atoms with Crippen LogP contribution in [0.1, 0.15) is 87.1 Å². The molecule has 0 saturated heterocycles. The van der Waals surface area contributed by atoms with Crippen molar-refractivity contribution in [3.63, 3.8) is 0 Å². The Morgan fingerprint density at radius 1 is 0.696 bits per heavy atom. The highest BCUT2D eigenvalue weighted by atomic mass is 16.6. The van der Waals surface area contributed by atoms with Gasteiger partial charge in [0, 0.05) is 24.0 Å². The second-order valence-electron chi connectivity index (χ2n) is 14.4. The Morgan fingerprint density at radius 3 is 1.84 bits per heavy atom. The van der Waals surface area contributed by atoms with E-state index in [2.05, 4.69) is 9.97 Å². The summed E-state index contributed by atoms with van der Waals surface area (Å²) in [6.07, 6.45) is 22.8. The molecule has 0 fully saturated rings. The number of methoxy groups -OCH3 is 1. The Hall–Kier alpha value is -4.92. The van der Waals surface area contributed by atoms with E-state index in [1.165, 1.54) is 49.0 Å². The second kappa shape index (κ2) is 22.0. The lowest BCUT2D eigenvalue weighted by Gasteiger charge is -2.35. The van der Waals surface area contributed by atoms with Gasteiger partial charge in [0.15, 0.2) is 17.3 Å². The van der Waals surface area contributed by atoms with E-state index in [0.29, 0.717) is 0 Å². The van der Waals surface area contributed by atoms with Crippen LogP contribution in [0.15, 0.2) is 113 Å². The third-order valence-corrected chi connectivity index (χ3v) is 9.41. The molecule has 0 saturated carbocycles. The quantitative estimate of drug-likeness (QED) is 0.203. The second-order valence-corrected chi connectivity index (χ2v) is 14.4. The fourth-order valence-electron chi connectivity index (χ4n) is 5.42. The van der Waals surface area contributed by atoms with Crippen LogP contribution in [-0.2, 0) is 20.6 Å². The zero-order chi connectivity index (χ0) is 41.3. The van der Waals surface area contributed by atoms with Crippen molar-refractivity contribution in [3.8, 4) is 0 Å². The molecule has 1 aliphatic rings. The van der Waals surface area contributed by atoms with Crippen LogP contribution >= 0.6 is 0 Å². The average Bonchev–Trinajstić information content (AvgIpc) is 3.85. The smallest absolute Gasteiger partial charge is 0.360 e. The van der Waals surface area contributed by atoms with Crippen LogP contribution in [0.5, 0.6) is 0 Å². The SMILES string of the molecule is C/C=C/C1OC(=O)c2coc(n2)/C=C\C=C\C(O)C(O)/C=C\CC(O)C(C)(C)C(/C=C/C)OC(=O)c2coc(n2)CC(OC)/C=C/C=C\C=C/CC(O)C1(C)C. The van der Waals surface area contributed by atoms with Gasteiger partial charge in [-0.25, -0.2) is 19.6 Å². The number of ether oxygens (including phenoxy) is 3. The molecule has 3 rings (SSSR count). The first-order valence-corrected chi connectivity index (χ1v) is 18.5. The lowest BCUT2D eigenvalue weighted by atomic mass is 9.79. The largest absolute Gasteiger partial charge is 0.453 e. The van der Waals surface area contributed by atoms with Gasteiger partial charge in [0.25, 0.3) is 0 Å². The molecule has 1 aliphatic heterocycles. The Labute approximate surface area is 328 Å². The third kappa shape index (κ3) is 13.4. The van der Waals surface area contributed by atoms with Crippen LogP contribution in [0.4, 0.5) is 0 Å². The number of aromatic nitrogens is 2. The highest BCUT2D eigenvalue weighted by molar-refractivity contribution is 5.87. The van der Waals surface area contributed by atoms with Crippen LogP contribution in [0, 0.1) is 10.8 Å². The van der Waals surface area contributed by atoms with Crippen LogP contribution in [0.2, 0.25) is 0 Å². The summed E-state index contributed by atoms with van der Waals surface area (Å²) in [4.78, 5) is 34.7. The van der Waals surface area contributed by atoms with Crippen molar-refractivity contribution < 1.29 is 53.1 Å². The first kappa shape index (κ1) is 45.5. The molecule has 56 heavy (non-hydrogen) atoms. The van der Waals surface area contributed by atoms with Gasteiger partial charge in [-0.1, -0.05) is 107 Å². The van der Waals surface area contributed by atoms with Gasteiger partial charge in [0.1, 0.15) is 36.9 Å². The summed E-state index contributed by atoms with van der Waals surface area (Å²) in [6.45, 7) is 10.7. The van der Waals surface area contributed by atoms with Gasteiger partial charge >= 0.3 is 11.9 Å². The van der Waals surface area contributed by atoms with Gasteiger partial charge in [-0.15, -0.1) is 0 Å². The number of esters is 2. The summed E-state index contributed by atoms with van der Waals surface area (Å²) in [7, 11) is 1.54. The Bertz CT molecular complexity index is 1790. The molecule has 304 valence electrons. The van der Waals surface area contributed by atoms with Crippen LogP contribution in [0.3, 0.4) is 0 Å². The minimum Gasteiger partial charge on any atom is -0.453 e. The van der Waals surface area contributed by atoms with Crippen molar-refractivity contribution in [1.82, 2.24) is 9.97 Å². The number of oxazole rings is 2. The minimum absolute atomic E-state index is 0.0357. The van der Waals surface area contributed by atoms with Crippen molar-refractivity contribution in [1.29, 1.82) is 0 Å². The topological polar surface area (TPSA) is 195 Å². The summed E-state index contributed by atoms with van der Waals surface area (Å²) >= 11 is 0. The van der Waals surface area contributed by atoms with Crippen molar-refractivity contribution in [3.05, 3.63) is 127 Å². The van der Waals surface area contributed by atoms with E-state index in [1.54, 1.807) is 103 Å². The summed E-state index contributed by atoms with van der Waals surface area (Å²) in [5.74, 6) is -1.10. The van der Waals surface area contributed by atoms with Crippen LogP contribution in [-0.4, -0.2) is 92.2 Å². The maximum absolute atomic E-state index is 13.2. The molecule has 2 aromatic rings. The number of hydrogen-bond donors (Lipinski definition) is 4. The highest BCUT2D eigenvalue weighted by Crippen LogP contribution is 2.33. The fourth-order valence-corrected chi connectivity index (χ4v) is 5.42. The van der Waals surface area contributed by atoms with Gasteiger partial charge in [-0.3, -0.25) is 0 Å². The predicted octanol–water partition coefficient (Wildman–Crippen LogP) is 6.21. The number of nitrogens with zero attached hydrogens (tertiary/aromatic N) is 2. The summed E-state index contributed by atoms with van der Waals surface area (Å²) < 4.78 is 28.0. The van der Waals surface area contributed by atoms with Crippen LogP contribution in [0.25, 0.3) is 6.08 Å². The molecule has 0 spiro atoms. The zero-order valence-electron chi connectivity index (χ0n) is 33.1. The lowest BCUT2D eigenvalue weighted by molar-refractivity contribution is -0.0425. The molecule has 0 amide bonds. The predicted molar refractivity (Wildman–Crippen MR) is 211 cm³/mol.